The van der Waals surface area contributed by atoms with Gasteiger partial charge < -0.3 is 0 Å². The maximum absolute atomic E-state index is 12.9. The van der Waals surface area contributed by atoms with Gasteiger partial charge in [-0.15, -0.1) is 0 Å². The molecule has 0 saturated heterocycles. The summed E-state index contributed by atoms with van der Waals surface area (Å²) in [6.45, 7) is 1.88. The highest BCUT2D eigenvalue weighted by Crippen LogP contribution is 2.33. The Hall–Kier alpha value is -2.63. The van der Waals surface area contributed by atoms with Gasteiger partial charge in [0.2, 0.25) is 0 Å². The molecule has 0 spiro atoms. The second-order valence-corrected chi connectivity index (χ2v) is 5.40. The Balaban J connectivity index is 2.33. The number of aromatic nitrogens is 2. The molecule has 0 saturated carbocycles. The lowest BCUT2D eigenvalue weighted by Crippen LogP contribution is -2.21. The summed E-state index contributed by atoms with van der Waals surface area (Å²) in [5, 5.41) is 0.636. The number of fused-ring (bicyclic) bond motifs is 1. The van der Waals surface area contributed by atoms with Crippen molar-refractivity contribution in [3.63, 3.8) is 0 Å². The number of benzene rings is 2. The van der Waals surface area contributed by atoms with Gasteiger partial charge in [0.25, 0.3) is 0 Å². The van der Waals surface area contributed by atoms with Gasteiger partial charge in [0.05, 0.1) is 16.8 Å². The van der Waals surface area contributed by atoms with Crippen molar-refractivity contribution in [3.8, 4) is 11.3 Å². The van der Waals surface area contributed by atoms with Crippen LogP contribution in [0, 0.1) is 6.92 Å². The summed E-state index contributed by atoms with van der Waals surface area (Å²) in [5.74, 6) is 0. The van der Waals surface area contributed by atoms with Crippen molar-refractivity contribution in [3.05, 3.63) is 64.1 Å². The molecule has 0 aliphatic heterocycles. The highest BCUT2D eigenvalue weighted by atomic mass is 19.4. The second kappa shape index (κ2) is 5.22. The standard InChI is InChI=1S/C17H13F3N2O/c1-10-6-7-13-14(8-10)22(2)16(23)21-15(13)11-4-3-5-12(9-11)17(18,19)20/h3-9H,1-2H3. The van der Waals surface area contributed by atoms with E-state index in [1.807, 2.05) is 19.1 Å². The van der Waals surface area contributed by atoms with E-state index in [-0.39, 0.29) is 11.3 Å². The van der Waals surface area contributed by atoms with Gasteiger partial charge in [-0.3, -0.25) is 4.57 Å². The van der Waals surface area contributed by atoms with Gasteiger partial charge in [-0.05, 0) is 30.7 Å². The van der Waals surface area contributed by atoms with Gasteiger partial charge >= 0.3 is 11.9 Å². The average Bonchev–Trinajstić information content (AvgIpc) is 2.50. The first kappa shape index (κ1) is 15.3. The fraction of sp³-hybridized carbons (Fsp3) is 0.176. The molecule has 23 heavy (non-hydrogen) atoms. The Morgan fingerprint density at radius 1 is 1.09 bits per heavy atom. The van der Waals surface area contributed by atoms with Crippen molar-refractivity contribution in [1.29, 1.82) is 0 Å². The van der Waals surface area contributed by atoms with Crippen LogP contribution in [0.25, 0.3) is 22.2 Å². The molecular weight excluding hydrogens is 305 g/mol. The molecule has 3 aromatic rings. The molecule has 0 fully saturated rings. The Morgan fingerprint density at radius 2 is 1.83 bits per heavy atom. The molecule has 1 heterocycles. The maximum atomic E-state index is 12.9. The molecule has 0 atom stereocenters. The summed E-state index contributed by atoms with van der Waals surface area (Å²) in [5.41, 5.74) is 0.847. The fourth-order valence-corrected chi connectivity index (χ4v) is 2.52. The molecule has 0 amide bonds. The first-order chi connectivity index (χ1) is 10.8. The maximum Gasteiger partial charge on any atom is 0.416 e. The quantitative estimate of drug-likeness (QED) is 0.681. The van der Waals surface area contributed by atoms with Crippen molar-refractivity contribution in [1.82, 2.24) is 9.55 Å². The molecule has 0 unspecified atom stereocenters. The van der Waals surface area contributed by atoms with Gasteiger partial charge in [0.1, 0.15) is 0 Å². The van der Waals surface area contributed by atoms with Crippen LogP contribution in [-0.4, -0.2) is 9.55 Å². The van der Waals surface area contributed by atoms with Crippen LogP contribution in [0.4, 0.5) is 13.2 Å². The van der Waals surface area contributed by atoms with Gasteiger partial charge in [-0.1, -0.05) is 24.3 Å². The van der Waals surface area contributed by atoms with Crippen LogP contribution in [0.1, 0.15) is 11.1 Å². The molecule has 6 heteroatoms. The third kappa shape index (κ3) is 2.72. The molecule has 3 nitrogen and oxygen atoms in total. The molecule has 3 rings (SSSR count). The lowest BCUT2D eigenvalue weighted by atomic mass is 10.0. The van der Waals surface area contributed by atoms with E-state index in [2.05, 4.69) is 4.98 Å². The summed E-state index contributed by atoms with van der Waals surface area (Å²) >= 11 is 0. The van der Waals surface area contributed by atoms with E-state index >= 15 is 0 Å². The van der Waals surface area contributed by atoms with Crippen LogP contribution in [0.2, 0.25) is 0 Å². The molecule has 0 aliphatic rings. The highest BCUT2D eigenvalue weighted by molar-refractivity contribution is 5.92. The Kier molecular flexibility index (Phi) is 3.47. The van der Waals surface area contributed by atoms with Crippen LogP contribution in [0.15, 0.2) is 47.3 Å². The monoisotopic (exact) mass is 318 g/mol. The molecular formula is C17H13F3N2O. The first-order valence-electron chi connectivity index (χ1n) is 6.92. The minimum Gasteiger partial charge on any atom is -0.295 e. The SMILES string of the molecule is Cc1ccc2c(-c3cccc(C(F)(F)F)c3)nc(=O)n(C)c2c1. The third-order valence-electron chi connectivity index (χ3n) is 3.73. The van der Waals surface area contributed by atoms with E-state index in [4.69, 9.17) is 0 Å². The van der Waals surface area contributed by atoms with E-state index in [9.17, 15) is 18.0 Å². The molecule has 1 aromatic heterocycles. The lowest BCUT2D eigenvalue weighted by Gasteiger charge is -2.12. The number of hydrogen-bond acceptors (Lipinski definition) is 2. The lowest BCUT2D eigenvalue weighted by molar-refractivity contribution is -0.137. The summed E-state index contributed by atoms with van der Waals surface area (Å²) in [4.78, 5) is 16.0. The van der Waals surface area contributed by atoms with Gasteiger partial charge in [-0.2, -0.15) is 18.2 Å². The number of nitrogens with zero attached hydrogens (tertiary/aromatic N) is 2. The Bertz CT molecular complexity index is 958. The molecule has 0 N–H and O–H groups in total. The van der Waals surface area contributed by atoms with Crippen molar-refractivity contribution < 1.29 is 13.2 Å². The second-order valence-electron chi connectivity index (χ2n) is 5.40. The summed E-state index contributed by atoms with van der Waals surface area (Å²) in [6, 6.07) is 10.3. The predicted molar refractivity (Wildman–Crippen MR) is 82.2 cm³/mol. The normalized spacial score (nSPS) is 11.9. The van der Waals surface area contributed by atoms with Gasteiger partial charge in [0.15, 0.2) is 0 Å². The smallest absolute Gasteiger partial charge is 0.295 e. The van der Waals surface area contributed by atoms with Crippen molar-refractivity contribution >= 4 is 10.9 Å². The van der Waals surface area contributed by atoms with E-state index in [0.717, 1.165) is 17.7 Å². The van der Waals surface area contributed by atoms with Crippen LogP contribution in [0.3, 0.4) is 0 Å². The minimum absolute atomic E-state index is 0.259. The predicted octanol–water partition coefficient (Wildman–Crippen LogP) is 3.93. The summed E-state index contributed by atoms with van der Waals surface area (Å²) < 4.78 is 40.1. The topological polar surface area (TPSA) is 34.9 Å². The van der Waals surface area contributed by atoms with Crippen molar-refractivity contribution in [2.45, 2.75) is 13.1 Å². The Morgan fingerprint density at radius 3 is 2.52 bits per heavy atom. The number of hydrogen-bond donors (Lipinski definition) is 0. The summed E-state index contributed by atoms with van der Waals surface area (Å²) in [6.07, 6.45) is -4.44. The molecule has 2 aromatic carbocycles. The average molecular weight is 318 g/mol. The fourth-order valence-electron chi connectivity index (χ4n) is 2.52. The molecule has 118 valence electrons. The van der Waals surface area contributed by atoms with Crippen molar-refractivity contribution in [2.75, 3.05) is 0 Å². The zero-order valence-electron chi connectivity index (χ0n) is 12.5. The zero-order chi connectivity index (χ0) is 16.8. The van der Waals surface area contributed by atoms with Crippen LogP contribution in [0.5, 0.6) is 0 Å². The number of rotatable bonds is 1. The first-order valence-corrected chi connectivity index (χ1v) is 6.92. The van der Waals surface area contributed by atoms with Gasteiger partial charge in [-0.25, -0.2) is 4.79 Å². The minimum atomic E-state index is -4.44. The van der Waals surface area contributed by atoms with E-state index in [0.29, 0.717) is 10.9 Å². The number of aryl methyl sites for hydroxylation is 2. The molecule has 0 aliphatic carbocycles. The highest BCUT2D eigenvalue weighted by Gasteiger charge is 2.30. The van der Waals surface area contributed by atoms with E-state index in [1.165, 1.54) is 16.7 Å². The third-order valence-corrected chi connectivity index (χ3v) is 3.73. The van der Waals surface area contributed by atoms with Crippen LogP contribution in [-0.2, 0) is 13.2 Å². The van der Waals surface area contributed by atoms with Crippen LogP contribution >= 0.6 is 0 Å². The van der Waals surface area contributed by atoms with Crippen molar-refractivity contribution in [2.24, 2.45) is 7.05 Å². The Labute approximate surface area is 130 Å². The van der Waals surface area contributed by atoms with Crippen LogP contribution < -0.4 is 5.69 Å². The number of halogens is 3. The molecule has 0 radical (unpaired) electrons. The van der Waals surface area contributed by atoms with Gasteiger partial charge in [0, 0.05) is 18.0 Å². The zero-order valence-corrected chi connectivity index (χ0v) is 12.5. The van der Waals surface area contributed by atoms with E-state index < -0.39 is 17.4 Å². The summed E-state index contributed by atoms with van der Waals surface area (Å²) in [7, 11) is 1.59. The molecule has 0 bridgehead atoms. The number of alkyl halides is 3. The largest absolute Gasteiger partial charge is 0.416 e. The van der Waals surface area contributed by atoms with E-state index in [1.54, 1.807) is 13.1 Å².